The second-order valence-corrected chi connectivity index (χ2v) is 6.23. The van der Waals surface area contributed by atoms with Gasteiger partial charge in [-0.1, -0.05) is 45.0 Å². The smallest absolute Gasteiger partial charge is 0.107 e. The predicted molar refractivity (Wildman–Crippen MR) is 75.6 cm³/mol. The lowest BCUT2D eigenvalue weighted by Crippen LogP contribution is -2.10. The molecule has 0 saturated carbocycles. The molecule has 0 aliphatic rings. The molecule has 0 bridgehead atoms. The van der Waals surface area contributed by atoms with Crippen molar-refractivity contribution in [1.29, 1.82) is 5.26 Å². The number of aromatic nitrogens is 1. The van der Waals surface area contributed by atoms with Gasteiger partial charge < -0.3 is 0 Å². The highest BCUT2D eigenvalue weighted by Gasteiger charge is 2.13. The minimum Gasteiger partial charge on any atom is -0.240 e. The number of hydrogen-bond donors (Lipinski definition) is 0. The first kappa shape index (κ1) is 12.8. The number of nitriles is 1. The Labute approximate surface area is 112 Å². The molecule has 3 heteroatoms. The molecule has 0 aliphatic heterocycles. The molecule has 0 N–H and O–H groups in total. The van der Waals surface area contributed by atoms with Gasteiger partial charge >= 0.3 is 0 Å². The summed E-state index contributed by atoms with van der Waals surface area (Å²) in [7, 11) is 0. The third kappa shape index (κ3) is 2.77. The van der Waals surface area contributed by atoms with Gasteiger partial charge in [0.2, 0.25) is 0 Å². The summed E-state index contributed by atoms with van der Waals surface area (Å²) >= 11 is 1.55. The summed E-state index contributed by atoms with van der Waals surface area (Å²) in [6.07, 6.45) is 0.394. The molecule has 0 radical (unpaired) electrons. The van der Waals surface area contributed by atoms with Crippen molar-refractivity contribution in [3.05, 3.63) is 40.2 Å². The van der Waals surface area contributed by atoms with E-state index in [4.69, 9.17) is 5.26 Å². The van der Waals surface area contributed by atoms with Gasteiger partial charge in [-0.25, -0.2) is 4.98 Å². The van der Waals surface area contributed by atoms with Gasteiger partial charge in [-0.05, 0) is 11.0 Å². The van der Waals surface area contributed by atoms with E-state index in [1.54, 1.807) is 11.3 Å². The van der Waals surface area contributed by atoms with Gasteiger partial charge in [0.25, 0.3) is 0 Å². The van der Waals surface area contributed by atoms with Crippen LogP contribution in [0.3, 0.4) is 0 Å². The predicted octanol–water partition coefficient (Wildman–Crippen LogP) is 4.17. The highest BCUT2D eigenvalue weighted by atomic mass is 32.1. The lowest BCUT2D eigenvalue weighted by atomic mass is 9.86. The summed E-state index contributed by atoms with van der Waals surface area (Å²) in [6.45, 7) is 6.61. The van der Waals surface area contributed by atoms with Crippen LogP contribution in [0.15, 0.2) is 29.6 Å². The van der Waals surface area contributed by atoms with Crippen LogP contribution < -0.4 is 0 Å². The summed E-state index contributed by atoms with van der Waals surface area (Å²) in [5.74, 6) is 0. The van der Waals surface area contributed by atoms with Crippen LogP contribution in [-0.4, -0.2) is 4.98 Å². The van der Waals surface area contributed by atoms with Crippen LogP contribution in [0.1, 0.15) is 31.3 Å². The van der Waals surface area contributed by atoms with Crippen molar-refractivity contribution in [2.75, 3.05) is 0 Å². The van der Waals surface area contributed by atoms with E-state index in [0.717, 1.165) is 16.3 Å². The standard InChI is InChI=1S/C15H16N2S/c1-15(2,3)12-6-4-11(5-7-12)13-10-18-14(17-13)8-9-16/h4-7,10H,8H2,1-3H3. The molecule has 2 rings (SSSR count). The number of nitrogens with zero attached hydrogens (tertiary/aromatic N) is 2. The Balaban J connectivity index is 2.26. The summed E-state index contributed by atoms with van der Waals surface area (Å²) in [4.78, 5) is 4.46. The highest BCUT2D eigenvalue weighted by molar-refractivity contribution is 7.10. The van der Waals surface area contributed by atoms with Crippen LogP contribution in [0, 0.1) is 11.3 Å². The van der Waals surface area contributed by atoms with Crippen LogP contribution in [-0.2, 0) is 11.8 Å². The molecule has 2 aromatic rings. The molecule has 0 saturated heterocycles. The molecule has 1 aromatic carbocycles. The fourth-order valence-corrected chi connectivity index (χ4v) is 2.47. The van der Waals surface area contributed by atoms with Crippen LogP contribution in [0.5, 0.6) is 0 Å². The molecule has 0 aliphatic carbocycles. The molecule has 0 unspecified atom stereocenters. The van der Waals surface area contributed by atoms with Gasteiger partial charge in [0.05, 0.1) is 18.2 Å². The zero-order valence-electron chi connectivity index (χ0n) is 10.9. The molecule has 0 atom stereocenters. The zero-order chi connectivity index (χ0) is 13.2. The monoisotopic (exact) mass is 256 g/mol. The maximum absolute atomic E-state index is 8.64. The van der Waals surface area contributed by atoms with Gasteiger partial charge in [0.15, 0.2) is 0 Å². The molecule has 1 heterocycles. The Morgan fingerprint density at radius 3 is 2.44 bits per heavy atom. The molecule has 0 spiro atoms. The minimum absolute atomic E-state index is 0.173. The first-order valence-electron chi connectivity index (χ1n) is 5.93. The van der Waals surface area contributed by atoms with Crippen molar-refractivity contribution in [3.8, 4) is 17.3 Å². The Bertz CT molecular complexity index is 568. The SMILES string of the molecule is CC(C)(C)c1ccc(-c2csc(CC#N)n2)cc1. The normalized spacial score (nSPS) is 11.2. The largest absolute Gasteiger partial charge is 0.240 e. The lowest BCUT2D eigenvalue weighted by Gasteiger charge is -2.18. The van der Waals surface area contributed by atoms with Crippen molar-refractivity contribution >= 4 is 11.3 Å². The minimum atomic E-state index is 0.173. The molecule has 2 nitrogen and oxygen atoms in total. The molecule has 0 amide bonds. The zero-order valence-corrected chi connectivity index (χ0v) is 11.7. The first-order chi connectivity index (χ1) is 8.50. The van der Waals surface area contributed by atoms with Crippen molar-refractivity contribution in [2.45, 2.75) is 32.6 Å². The Hall–Kier alpha value is -1.66. The molecule has 0 fully saturated rings. The third-order valence-electron chi connectivity index (χ3n) is 2.83. The van der Waals surface area contributed by atoms with E-state index in [-0.39, 0.29) is 5.41 Å². The van der Waals surface area contributed by atoms with Gasteiger partial charge in [-0.2, -0.15) is 5.26 Å². The Morgan fingerprint density at radius 2 is 1.89 bits per heavy atom. The Morgan fingerprint density at radius 1 is 1.22 bits per heavy atom. The molecular weight excluding hydrogens is 240 g/mol. The summed E-state index contributed by atoms with van der Waals surface area (Å²) < 4.78 is 0. The number of rotatable bonds is 2. The second kappa shape index (κ2) is 4.91. The Kier molecular flexibility index (Phi) is 3.49. The lowest BCUT2D eigenvalue weighted by molar-refractivity contribution is 0.590. The van der Waals surface area contributed by atoms with E-state index < -0.39 is 0 Å². The fourth-order valence-electron chi connectivity index (χ4n) is 1.73. The summed E-state index contributed by atoms with van der Waals surface area (Å²) in [5, 5.41) is 11.5. The average Bonchev–Trinajstić information content (AvgIpc) is 2.77. The van der Waals surface area contributed by atoms with E-state index in [9.17, 15) is 0 Å². The van der Waals surface area contributed by atoms with Gasteiger partial charge in [-0.15, -0.1) is 11.3 Å². The van der Waals surface area contributed by atoms with Crippen LogP contribution in [0.2, 0.25) is 0 Å². The number of hydrogen-bond acceptors (Lipinski definition) is 3. The number of thiazole rings is 1. The van der Waals surface area contributed by atoms with Gasteiger partial charge in [0, 0.05) is 10.9 Å². The van der Waals surface area contributed by atoms with Crippen molar-refractivity contribution in [3.63, 3.8) is 0 Å². The number of benzene rings is 1. The maximum atomic E-state index is 8.64. The second-order valence-electron chi connectivity index (χ2n) is 5.29. The first-order valence-corrected chi connectivity index (χ1v) is 6.81. The summed E-state index contributed by atoms with van der Waals surface area (Å²) in [5.41, 5.74) is 3.57. The van der Waals surface area contributed by atoms with E-state index in [0.29, 0.717) is 6.42 Å². The fraction of sp³-hybridized carbons (Fsp3) is 0.333. The van der Waals surface area contributed by atoms with Crippen molar-refractivity contribution in [1.82, 2.24) is 4.98 Å². The van der Waals surface area contributed by atoms with Gasteiger partial charge in [-0.3, -0.25) is 0 Å². The van der Waals surface area contributed by atoms with Crippen molar-refractivity contribution < 1.29 is 0 Å². The molecule has 18 heavy (non-hydrogen) atoms. The topological polar surface area (TPSA) is 36.7 Å². The molecule has 1 aromatic heterocycles. The third-order valence-corrected chi connectivity index (χ3v) is 3.68. The van der Waals surface area contributed by atoms with Crippen LogP contribution in [0.4, 0.5) is 0 Å². The molecular formula is C15H16N2S. The average molecular weight is 256 g/mol. The summed E-state index contributed by atoms with van der Waals surface area (Å²) in [6, 6.07) is 10.6. The van der Waals surface area contributed by atoms with E-state index in [1.807, 2.05) is 5.38 Å². The van der Waals surface area contributed by atoms with Crippen LogP contribution >= 0.6 is 11.3 Å². The van der Waals surface area contributed by atoms with E-state index in [2.05, 4.69) is 56.1 Å². The van der Waals surface area contributed by atoms with E-state index >= 15 is 0 Å². The van der Waals surface area contributed by atoms with Gasteiger partial charge in [0.1, 0.15) is 5.01 Å². The van der Waals surface area contributed by atoms with E-state index in [1.165, 1.54) is 5.56 Å². The van der Waals surface area contributed by atoms with Crippen LogP contribution in [0.25, 0.3) is 11.3 Å². The molecule has 92 valence electrons. The van der Waals surface area contributed by atoms with Crippen molar-refractivity contribution in [2.24, 2.45) is 0 Å². The quantitative estimate of drug-likeness (QED) is 0.808. The highest BCUT2D eigenvalue weighted by Crippen LogP contribution is 2.26. The maximum Gasteiger partial charge on any atom is 0.107 e.